The van der Waals surface area contributed by atoms with Crippen LogP contribution < -0.4 is 4.90 Å². The summed E-state index contributed by atoms with van der Waals surface area (Å²) in [6.07, 6.45) is 4.04. The maximum absolute atomic E-state index is 12.5. The van der Waals surface area contributed by atoms with Gasteiger partial charge in [0.15, 0.2) is 0 Å². The normalized spacial score (nSPS) is 24.7. The number of hydrogen-bond acceptors (Lipinski definition) is 3. The Labute approximate surface area is 133 Å². The second kappa shape index (κ2) is 6.69. The molecule has 4 nitrogen and oxygen atoms in total. The minimum absolute atomic E-state index is 0.249. The van der Waals surface area contributed by atoms with Crippen molar-refractivity contribution < 1.29 is 9.53 Å². The first kappa shape index (κ1) is 15.3. The zero-order chi connectivity index (χ0) is 15.4. The zero-order valence-electron chi connectivity index (χ0n) is 13.5. The van der Waals surface area contributed by atoms with E-state index in [1.165, 1.54) is 6.42 Å². The topological polar surface area (TPSA) is 32.8 Å². The molecule has 2 fully saturated rings. The third-order valence-electron chi connectivity index (χ3n) is 5.05. The zero-order valence-corrected chi connectivity index (χ0v) is 13.5. The van der Waals surface area contributed by atoms with Crippen molar-refractivity contribution in [3.8, 4) is 0 Å². The second-order valence-electron chi connectivity index (χ2n) is 6.73. The molecule has 2 saturated heterocycles. The maximum atomic E-state index is 12.5. The average Bonchev–Trinajstić information content (AvgIpc) is 2.97. The van der Waals surface area contributed by atoms with Gasteiger partial charge in [0.05, 0.1) is 6.61 Å². The van der Waals surface area contributed by atoms with Gasteiger partial charge in [0, 0.05) is 50.8 Å². The standard InChI is InChI=1S/C18H26N2O2/c1-19(16-6-3-2-4-7-16)11-8-17(21)20-12-10-18(14-20)9-5-13-22-15-18/h2-4,6-7H,5,8-15H2,1H3. The highest BCUT2D eigenvalue weighted by molar-refractivity contribution is 5.77. The quantitative estimate of drug-likeness (QED) is 0.857. The van der Waals surface area contributed by atoms with Gasteiger partial charge in [0.1, 0.15) is 0 Å². The summed E-state index contributed by atoms with van der Waals surface area (Å²) in [5.74, 6) is 0.283. The first-order valence-corrected chi connectivity index (χ1v) is 8.30. The van der Waals surface area contributed by atoms with E-state index in [-0.39, 0.29) is 11.3 Å². The van der Waals surface area contributed by atoms with E-state index in [4.69, 9.17) is 4.74 Å². The molecule has 2 heterocycles. The van der Waals surface area contributed by atoms with Crippen molar-refractivity contribution in [2.24, 2.45) is 5.41 Å². The molecule has 1 atom stereocenters. The summed E-state index contributed by atoms with van der Waals surface area (Å²) in [6.45, 7) is 4.28. The Morgan fingerprint density at radius 2 is 2.14 bits per heavy atom. The van der Waals surface area contributed by atoms with Gasteiger partial charge in [-0.1, -0.05) is 18.2 Å². The summed E-state index contributed by atoms with van der Waals surface area (Å²) in [5, 5.41) is 0. The number of hydrogen-bond donors (Lipinski definition) is 0. The van der Waals surface area contributed by atoms with Gasteiger partial charge in [0.25, 0.3) is 0 Å². The lowest BCUT2D eigenvalue weighted by Gasteiger charge is -2.33. The van der Waals surface area contributed by atoms with Crippen molar-refractivity contribution in [1.82, 2.24) is 4.90 Å². The fourth-order valence-electron chi connectivity index (χ4n) is 3.61. The van der Waals surface area contributed by atoms with Gasteiger partial charge in [-0.05, 0) is 31.4 Å². The minimum Gasteiger partial charge on any atom is -0.381 e. The van der Waals surface area contributed by atoms with E-state index >= 15 is 0 Å². The number of nitrogens with zero attached hydrogens (tertiary/aromatic N) is 2. The molecule has 2 aliphatic rings. The molecule has 1 spiro atoms. The van der Waals surface area contributed by atoms with E-state index in [9.17, 15) is 4.79 Å². The van der Waals surface area contributed by atoms with E-state index in [0.29, 0.717) is 6.42 Å². The van der Waals surface area contributed by atoms with E-state index in [0.717, 1.165) is 51.4 Å². The molecule has 4 heteroatoms. The third kappa shape index (κ3) is 3.43. The van der Waals surface area contributed by atoms with Crippen LogP contribution in [0.5, 0.6) is 0 Å². The molecule has 0 bridgehead atoms. The van der Waals surface area contributed by atoms with Crippen LogP contribution >= 0.6 is 0 Å². The Morgan fingerprint density at radius 1 is 1.32 bits per heavy atom. The number of rotatable bonds is 4. The van der Waals surface area contributed by atoms with Crippen molar-refractivity contribution in [2.75, 3.05) is 44.8 Å². The lowest BCUT2D eigenvalue weighted by molar-refractivity contribution is -0.130. The van der Waals surface area contributed by atoms with E-state index < -0.39 is 0 Å². The fourth-order valence-corrected chi connectivity index (χ4v) is 3.61. The van der Waals surface area contributed by atoms with Crippen LogP contribution in [0, 0.1) is 5.41 Å². The van der Waals surface area contributed by atoms with Crippen molar-refractivity contribution in [3.05, 3.63) is 30.3 Å². The Hall–Kier alpha value is -1.55. The summed E-state index contributed by atoms with van der Waals surface area (Å²) in [7, 11) is 2.04. The van der Waals surface area contributed by atoms with E-state index in [1.807, 2.05) is 30.1 Å². The molecule has 0 N–H and O–H groups in total. The van der Waals surface area contributed by atoms with Gasteiger partial charge >= 0.3 is 0 Å². The largest absolute Gasteiger partial charge is 0.381 e. The summed E-state index contributed by atoms with van der Waals surface area (Å²) in [4.78, 5) is 16.7. The van der Waals surface area contributed by atoms with Crippen LogP contribution in [0.4, 0.5) is 5.69 Å². The molecule has 1 aromatic carbocycles. The molecule has 0 aromatic heterocycles. The van der Waals surface area contributed by atoms with Crippen LogP contribution in [0.15, 0.2) is 30.3 Å². The molecular weight excluding hydrogens is 276 g/mol. The molecule has 1 amide bonds. The SMILES string of the molecule is CN(CCC(=O)N1CCC2(CCCOC2)C1)c1ccccc1. The average molecular weight is 302 g/mol. The first-order chi connectivity index (χ1) is 10.7. The van der Waals surface area contributed by atoms with Crippen LogP contribution in [0.2, 0.25) is 0 Å². The molecule has 1 aromatic rings. The number of amides is 1. The van der Waals surface area contributed by atoms with Crippen LogP contribution in [0.1, 0.15) is 25.7 Å². The predicted octanol–water partition coefficient (Wildman–Crippen LogP) is 2.54. The Kier molecular flexibility index (Phi) is 4.67. The molecular formula is C18H26N2O2. The smallest absolute Gasteiger partial charge is 0.224 e. The summed E-state index contributed by atoms with van der Waals surface area (Å²) in [5.41, 5.74) is 1.41. The van der Waals surface area contributed by atoms with Gasteiger partial charge in [-0.15, -0.1) is 0 Å². The molecule has 1 unspecified atom stereocenters. The molecule has 3 rings (SSSR count). The Bertz CT molecular complexity index is 497. The van der Waals surface area contributed by atoms with Gasteiger partial charge in [0.2, 0.25) is 5.91 Å². The predicted molar refractivity (Wildman–Crippen MR) is 88.0 cm³/mol. The number of ether oxygens (including phenoxy) is 1. The molecule has 2 aliphatic heterocycles. The number of anilines is 1. The molecule has 0 saturated carbocycles. The van der Waals surface area contributed by atoms with Crippen LogP contribution in [-0.2, 0) is 9.53 Å². The van der Waals surface area contributed by atoms with Crippen molar-refractivity contribution in [1.29, 1.82) is 0 Å². The van der Waals surface area contributed by atoms with Gasteiger partial charge in [-0.2, -0.15) is 0 Å². The number of carbonyl (C=O) groups excluding carboxylic acids is 1. The maximum Gasteiger partial charge on any atom is 0.224 e. The highest BCUT2D eigenvalue weighted by Gasteiger charge is 2.41. The molecule has 22 heavy (non-hydrogen) atoms. The van der Waals surface area contributed by atoms with E-state index in [1.54, 1.807) is 0 Å². The Morgan fingerprint density at radius 3 is 2.86 bits per heavy atom. The number of para-hydroxylation sites is 1. The van der Waals surface area contributed by atoms with Gasteiger partial charge < -0.3 is 14.5 Å². The van der Waals surface area contributed by atoms with E-state index in [2.05, 4.69) is 17.0 Å². The van der Waals surface area contributed by atoms with Crippen LogP contribution in [0.3, 0.4) is 0 Å². The van der Waals surface area contributed by atoms with Gasteiger partial charge in [-0.3, -0.25) is 4.79 Å². The minimum atomic E-state index is 0.249. The second-order valence-corrected chi connectivity index (χ2v) is 6.73. The number of benzene rings is 1. The van der Waals surface area contributed by atoms with Crippen molar-refractivity contribution in [3.63, 3.8) is 0 Å². The van der Waals surface area contributed by atoms with Crippen molar-refractivity contribution >= 4 is 11.6 Å². The molecule has 120 valence electrons. The lowest BCUT2D eigenvalue weighted by Crippen LogP contribution is -2.38. The summed E-state index contributed by atoms with van der Waals surface area (Å²) < 4.78 is 5.65. The highest BCUT2D eigenvalue weighted by Crippen LogP contribution is 2.38. The monoisotopic (exact) mass is 302 g/mol. The van der Waals surface area contributed by atoms with Crippen LogP contribution in [0.25, 0.3) is 0 Å². The summed E-state index contributed by atoms with van der Waals surface area (Å²) >= 11 is 0. The first-order valence-electron chi connectivity index (χ1n) is 8.30. The fraction of sp³-hybridized carbons (Fsp3) is 0.611. The molecule has 0 radical (unpaired) electrons. The van der Waals surface area contributed by atoms with Crippen molar-refractivity contribution in [2.45, 2.75) is 25.7 Å². The molecule has 0 aliphatic carbocycles. The van der Waals surface area contributed by atoms with Crippen LogP contribution in [-0.4, -0.2) is 50.7 Å². The Balaban J connectivity index is 1.48. The third-order valence-corrected chi connectivity index (χ3v) is 5.05. The highest BCUT2D eigenvalue weighted by atomic mass is 16.5. The summed E-state index contributed by atoms with van der Waals surface area (Å²) in [6, 6.07) is 10.2. The lowest BCUT2D eigenvalue weighted by atomic mass is 9.82. The van der Waals surface area contributed by atoms with Gasteiger partial charge in [-0.25, -0.2) is 0 Å². The number of likely N-dealkylation sites (tertiary alicyclic amines) is 1. The number of carbonyl (C=O) groups is 1.